The lowest BCUT2D eigenvalue weighted by Gasteiger charge is -2.08. The molecule has 0 aliphatic heterocycles. The van der Waals surface area contributed by atoms with E-state index in [0.29, 0.717) is 19.6 Å². The van der Waals surface area contributed by atoms with Gasteiger partial charge in [0.2, 0.25) is 0 Å². The molecular weight excluding hydrogens is 214 g/mol. The number of aryl methyl sites for hydroxylation is 2. The predicted octanol–water partition coefficient (Wildman–Crippen LogP) is 2.54. The second kappa shape index (κ2) is 5.71. The van der Waals surface area contributed by atoms with Gasteiger partial charge in [-0.2, -0.15) is 0 Å². The molecule has 0 bridgehead atoms. The average Bonchev–Trinajstić information content (AvgIpc) is 2.76. The molecule has 1 aliphatic carbocycles. The Hall–Kier alpha value is -1.51. The topological polar surface area (TPSA) is 38.3 Å². The van der Waals surface area contributed by atoms with Gasteiger partial charge < -0.3 is 10.1 Å². The quantitative estimate of drug-likeness (QED) is 0.794. The summed E-state index contributed by atoms with van der Waals surface area (Å²) >= 11 is 0. The molecule has 3 heteroatoms. The molecule has 0 atom stereocenters. The first-order valence-electron chi connectivity index (χ1n) is 6.31. The Balaban J connectivity index is 1.81. The van der Waals surface area contributed by atoms with Crippen LogP contribution in [0.4, 0.5) is 5.69 Å². The molecule has 0 saturated carbocycles. The monoisotopic (exact) mass is 233 g/mol. The number of carbonyl (C=O) groups is 1. The number of anilines is 1. The number of rotatable bonds is 5. The van der Waals surface area contributed by atoms with Crippen molar-refractivity contribution in [3.63, 3.8) is 0 Å². The van der Waals surface area contributed by atoms with Crippen molar-refractivity contribution < 1.29 is 9.53 Å². The van der Waals surface area contributed by atoms with E-state index in [-0.39, 0.29) is 5.97 Å². The second-order valence-electron chi connectivity index (χ2n) is 4.32. The molecule has 0 radical (unpaired) electrons. The fourth-order valence-electron chi connectivity index (χ4n) is 2.22. The van der Waals surface area contributed by atoms with Gasteiger partial charge in [0, 0.05) is 12.2 Å². The summed E-state index contributed by atoms with van der Waals surface area (Å²) in [6.07, 6.45) is 4.08. The van der Waals surface area contributed by atoms with Crippen LogP contribution < -0.4 is 5.32 Å². The maximum absolute atomic E-state index is 11.2. The van der Waals surface area contributed by atoms with Gasteiger partial charge in [-0.05, 0) is 49.4 Å². The predicted molar refractivity (Wildman–Crippen MR) is 68.2 cm³/mol. The van der Waals surface area contributed by atoms with Crippen molar-refractivity contribution in [2.75, 3.05) is 18.5 Å². The van der Waals surface area contributed by atoms with Crippen molar-refractivity contribution >= 4 is 11.7 Å². The Kier molecular flexibility index (Phi) is 4.02. The second-order valence-corrected chi connectivity index (χ2v) is 4.32. The Morgan fingerprint density at radius 1 is 1.35 bits per heavy atom. The summed E-state index contributed by atoms with van der Waals surface area (Å²) in [6.45, 7) is 2.92. The Morgan fingerprint density at radius 2 is 2.18 bits per heavy atom. The van der Waals surface area contributed by atoms with Crippen LogP contribution in [0.25, 0.3) is 0 Å². The average molecular weight is 233 g/mol. The highest BCUT2D eigenvalue weighted by Crippen LogP contribution is 2.24. The van der Waals surface area contributed by atoms with Gasteiger partial charge in [-0.3, -0.25) is 4.79 Å². The number of fused-ring (bicyclic) bond motifs is 1. The minimum absolute atomic E-state index is 0.138. The third kappa shape index (κ3) is 3.22. The molecule has 1 aromatic rings. The van der Waals surface area contributed by atoms with Crippen LogP contribution in [0.1, 0.15) is 30.9 Å². The molecule has 2 rings (SSSR count). The molecule has 0 saturated heterocycles. The molecule has 0 aromatic heterocycles. The summed E-state index contributed by atoms with van der Waals surface area (Å²) < 4.78 is 4.87. The van der Waals surface area contributed by atoms with Crippen LogP contribution in [0.15, 0.2) is 18.2 Å². The zero-order valence-corrected chi connectivity index (χ0v) is 10.3. The highest BCUT2D eigenvalue weighted by Gasteiger charge is 2.10. The molecule has 0 fully saturated rings. The molecule has 1 aliphatic rings. The van der Waals surface area contributed by atoms with E-state index in [2.05, 4.69) is 23.5 Å². The van der Waals surface area contributed by atoms with Crippen molar-refractivity contribution in [2.45, 2.75) is 32.6 Å². The Morgan fingerprint density at radius 3 is 3.00 bits per heavy atom. The zero-order valence-electron chi connectivity index (χ0n) is 10.3. The van der Waals surface area contributed by atoms with Crippen molar-refractivity contribution in [3.8, 4) is 0 Å². The Bertz CT molecular complexity index is 401. The third-order valence-corrected chi connectivity index (χ3v) is 3.06. The molecule has 0 unspecified atom stereocenters. The lowest BCUT2D eigenvalue weighted by Crippen LogP contribution is -2.11. The summed E-state index contributed by atoms with van der Waals surface area (Å²) in [7, 11) is 0. The fourth-order valence-corrected chi connectivity index (χ4v) is 2.22. The molecule has 3 nitrogen and oxygen atoms in total. The maximum Gasteiger partial charge on any atom is 0.307 e. The molecule has 0 spiro atoms. The molecule has 1 aromatic carbocycles. The van der Waals surface area contributed by atoms with Crippen LogP contribution in [0, 0.1) is 0 Å². The van der Waals surface area contributed by atoms with E-state index in [9.17, 15) is 4.79 Å². The molecule has 17 heavy (non-hydrogen) atoms. The lowest BCUT2D eigenvalue weighted by atomic mass is 10.1. The van der Waals surface area contributed by atoms with E-state index in [1.165, 1.54) is 30.4 Å². The van der Waals surface area contributed by atoms with Crippen LogP contribution >= 0.6 is 0 Å². The number of carbonyl (C=O) groups excluding carboxylic acids is 1. The van der Waals surface area contributed by atoms with Gasteiger partial charge >= 0.3 is 5.97 Å². The van der Waals surface area contributed by atoms with Gasteiger partial charge in [-0.25, -0.2) is 0 Å². The van der Waals surface area contributed by atoms with Crippen molar-refractivity contribution in [3.05, 3.63) is 29.3 Å². The summed E-state index contributed by atoms with van der Waals surface area (Å²) in [5.74, 6) is -0.138. The van der Waals surface area contributed by atoms with Crippen LogP contribution in [-0.2, 0) is 22.4 Å². The summed E-state index contributed by atoms with van der Waals surface area (Å²) in [5.41, 5.74) is 4.03. The fraction of sp³-hybridized carbons (Fsp3) is 0.500. The Labute approximate surface area is 102 Å². The largest absolute Gasteiger partial charge is 0.466 e. The summed E-state index contributed by atoms with van der Waals surface area (Å²) in [6, 6.07) is 6.48. The lowest BCUT2D eigenvalue weighted by molar-refractivity contribution is -0.142. The minimum Gasteiger partial charge on any atom is -0.466 e. The van der Waals surface area contributed by atoms with Crippen molar-refractivity contribution in [1.82, 2.24) is 0 Å². The van der Waals surface area contributed by atoms with Crippen LogP contribution in [0.3, 0.4) is 0 Å². The smallest absolute Gasteiger partial charge is 0.307 e. The first kappa shape index (κ1) is 12.0. The standard InChI is InChI=1S/C14H19NO2/c1-2-17-14(16)8-9-15-13-7-6-11-4-3-5-12(11)10-13/h6-7,10,15H,2-5,8-9H2,1H3. The number of nitrogens with one attached hydrogen (secondary N) is 1. The van der Waals surface area contributed by atoms with E-state index >= 15 is 0 Å². The maximum atomic E-state index is 11.2. The van der Waals surface area contributed by atoms with E-state index in [1.54, 1.807) is 0 Å². The van der Waals surface area contributed by atoms with Gasteiger partial charge in [-0.1, -0.05) is 6.07 Å². The minimum atomic E-state index is -0.138. The van der Waals surface area contributed by atoms with Crippen molar-refractivity contribution in [1.29, 1.82) is 0 Å². The molecule has 92 valence electrons. The number of benzene rings is 1. The highest BCUT2D eigenvalue weighted by molar-refractivity contribution is 5.70. The van der Waals surface area contributed by atoms with Crippen LogP contribution in [0.5, 0.6) is 0 Å². The number of esters is 1. The highest BCUT2D eigenvalue weighted by atomic mass is 16.5. The van der Waals surface area contributed by atoms with Crippen LogP contribution in [-0.4, -0.2) is 19.1 Å². The van der Waals surface area contributed by atoms with Gasteiger partial charge in [0.1, 0.15) is 0 Å². The molecular formula is C14H19NO2. The van der Waals surface area contributed by atoms with Gasteiger partial charge in [0.25, 0.3) is 0 Å². The third-order valence-electron chi connectivity index (χ3n) is 3.06. The van der Waals surface area contributed by atoms with Gasteiger partial charge in [0.15, 0.2) is 0 Å². The number of ether oxygens (including phenoxy) is 1. The van der Waals surface area contributed by atoms with E-state index in [4.69, 9.17) is 4.74 Å². The first-order chi connectivity index (χ1) is 8.29. The van der Waals surface area contributed by atoms with E-state index in [1.807, 2.05) is 6.92 Å². The molecule has 0 amide bonds. The normalized spacial score (nSPS) is 13.2. The SMILES string of the molecule is CCOC(=O)CCNc1ccc2c(c1)CCC2. The molecule has 0 heterocycles. The van der Waals surface area contributed by atoms with Gasteiger partial charge in [0.05, 0.1) is 13.0 Å². The zero-order chi connectivity index (χ0) is 12.1. The first-order valence-corrected chi connectivity index (χ1v) is 6.31. The van der Waals surface area contributed by atoms with Crippen molar-refractivity contribution in [2.24, 2.45) is 0 Å². The van der Waals surface area contributed by atoms with E-state index in [0.717, 1.165) is 5.69 Å². The number of hydrogen-bond donors (Lipinski definition) is 1. The van der Waals surface area contributed by atoms with Crippen LogP contribution in [0.2, 0.25) is 0 Å². The molecule has 1 N–H and O–H groups in total. The van der Waals surface area contributed by atoms with E-state index < -0.39 is 0 Å². The summed E-state index contributed by atoms with van der Waals surface area (Å²) in [4.78, 5) is 11.2. The summed E-state index contributed by atoms with van der Waals surface area (Å²) in [5, 5.41) is 3.26. The number of hydrogen-bond acceptors (Lipinski definition) is 3. The van der Waals surface area contributed by atoms with Gasteiger partial charge in [-0.15, -0.1) is 0 Å².